The van der Waals surface area contributed by atoms with Gasteiger partial charge in [0.2, 0.25) is 0 Å². The van der Waals surface area contributed by atoms with Crippen LogP contribution >= 0.6 is 0 Å². The van der Waals surface area contributed by atoms with Crippen LogP contribution in [0, 0.1) is 17.0 Å². The number of benzene rings is 1. The number of imidazole rings is 1. The first-order valence-corrected chi connectivity index (χ1v) is 9.35. The number of allylic oxidation sites excluding steroid dienone is 5. The second-order valence-corrected chi connectivity index (χ2v) is 6.07. The van der Waals surface area contributed by atoms with Crippen molar-refractivity contribution in [2.75, 3.05) is 0 Å². The summed E-state index contributed by atoms with van der Waals surface area (Å²) in [6.45, 7) is 23.4. The Morgan fingerprint density at radius 1 is 1.28 bits per heavy atom. The van der Waals surface area contributed by atoms with E-state index in [9.17, 15) is 10.1 Å². The largest absolute Gasteiger partial charge is 0.336 e. The van der Waals surface area contributed by atoms with Gasteiger partial charge in [-0.25, -0.2) is 9.98 Å². The standard InChI is InChI=1S/C21H22N4O2.C2H6/c1-7-13(2)8-10-15(4)16(5)19-21(22-6)24-20(23-19)17-12-14(3)9-11-18(17)25(26)27;1-2/h8-12H,2,4-7H2,1,3H3,(H,23,24);1-2H3/b10-8-;. The molecule has 29 heavy (non-hydrogen) atoms. The first-order chi connectivity index (χ1) is 13.8. The number of H-pyrrole nitrogens is 1. The van der Waals surface area contributed by atoms with Crippen LogP contribution in [-0.2, 0) is 0 Å². The average Bonchev–Trinajstić information content (AvgIpc) is 3.16. The monoisotopic (exact) mass is 392 g/mol. The molecule has 0 amide bonds. The fourth-order valence-electron chi connectivity index (χ4n) is 2.41. The van der Waals surface area contributed by atoms with Crippen LogP contribution in [0.25, 0.3) is 17.0 Å². The number of rotatable bonds is 8. The fourth-order valence-corrected chi connectivity index (χ4v) is 2.41. The smallest absolute Gasteiger partial charge is 0.280 e. The maximum Gasteiger partial charge on any atom is 0.280 e. The predicted molar refractivity (Wildman–Crippen MR) is 123 cm³/mol. The van der Waals surface area contributed by atoms with Crippen molar-refractivity contribution in [3.63, 3.8) is 0 Å². The topological polar surface area (TPSA) is 84.2 Å². The first kappa shape index (κ1) is 23.5. The zero-order valence-corrected chi connectivity index (χ0v) is 17.6. The molecule has 6 heteroatoms. The zero-order chi connectivity index (χ0) is 22.1. The van der Waals surface area contributed by atoms with Gasteiger partial charge in [-0.3, -0.25) is 10.1 Å². The molecule has 1 heterocycles. The van der Waals surface area contributed by atoms with E-state index in [1.165, 1.54) is 6.07 Å². The summed E-state index contributed by atoms with van der Waals surface area (Å²) < 4.78 is 0. The number of nitrogens with one attached hydrogen (secondary N) is 1. The van der Waals surface area contributed by atoms with Gasteiger partial charge in [0.05, 0.1) is 16.2 Å². The number of aryl methyl sites for hydroxylation is 1. The van der Waals surface area contributed by atoms with E-state index in [1.807, 2.05) is 39.8 Å². The molecule has 2 rings (SSSR count). The highest BCUT2D eigenvalue weighted by atomic mass is 16.6. The molecule has 0 aliphatic rings. The number of aromatic amines is 1. The van der Waals surface area contributed by atoms with E-state index < -0.39 is 4.92 Å². The quantitative estimate of drug-likeness (QED) is 0.233. The van der Waals surface area contributed by atoms with Gasteiger partial charge in [0.15, 0.2) is 5.82 Å². The van der Waals surface area contributed by atoms with E-state index in [1.54, 1.807) is 12.1 Å². The van der Waals surface area contributed by atoms with Crippen molar-refractivity contribution in [2.24, 2.45) is 4.99 Å². The van der Waals surface area contributed by atoms with E-state index in [0.29, 0.717) is 34.0 Å². The number of aliphatic imine (C=N–C) groups is 1. The third kappa shape index (κ3) is 5.72. The van der Waals surface area contributed by atoms with E-state index in [-0.39, 0.29) is 5.69 Å². The lowest BCUT2D eigenvalue weighted by Crippen LogP contribution is -1.94. The zero-order valence-electron chi connectivity index (χ0n) is 17.6. The molecule has 1 N–H and O–H groups in total. The Morgan fingerprint density at radius 3 is 2.48 bits per heavy atom. The van der Waals surface area contributed by atoms with Crippen LogP contribution < -0.4 is 0 Å². The van der Waals surface area contributed by atoms with E-state index in [4.69, 9.17) is 0 Å². The van der Waals surface area contributed by atoms with Crippen molar-refractivity contribution in [2.45, 2.75) is 34.1 Å². The summed E-state index contributed by atoms with van der Waals surface area (Å²) in [4.78, 5) is 22.3. The molecule has 0 fully saturated rings. The van der Waals surface area contributed by atoms with Crippen LogP contribution in [0.15, 0.2) is 66.2 Å². The summed E-state index contributed by atoms with van der Waals surface area (Å²) in [5.74, 6) is 0.647. The van der Waals surface area contributed by atoms with Gasteiger partial charge in [-0.05, 0) is 37.3 Å². The Balaban J connectivity index is 0.00000204. The van der Waals surface area contributed by atoms with Crippen LogP contribution in [0.2, 0.25) is 0 Å². The third-order valence-electron chi connectivity index (χ3n) is 4.10. The lowest BCUT2D eigenvalue weighted by atomic mass is 10.0. The summed E-state index contributed by atoms with van der Waals surface area (Å²) in [6.07, 6.45) is 4.52. The van der Waals surface area contributed by atoms with Gasteiger partial charge in [0, 0.05) is 11.6 Å². The highest BCUT2D eigenvalue weighted by Gasteiger charge is 2.21. The van der Waals surface area contributed by atoms with E-state index in [0.717, 1.165) is 17.6 Å². The lowest BCUT2D eigenvalue weighted by Gasteiger charge is -2.04. The molecule has 0 radical (unpaired) electrons. The molecule has 0 unspecified atom stereocenters. The van der Waals surface area contributed by atoms with Gasteiger partial charge in [-0.2, -0.15) is 0 Å². The molecule has 0 atom stereocenters. The Hall–Kier alpha value is -3.54. The molecule has 0 aliphatic carbocycles. The molecule has 1 aromatic carbocycles. The maximum absolute atomic E-state index is 11.4. The minimum absolute atomic E-state index is 0.0416. The van der Waals surface area contributed by atoms with E-state index in [2.05, 4.69) is 41.4 Å². The summed E-state index contributed by atoms with van der Waals surface area (Å²) in [5, 5.41) is 11.4. The van der Waals surface area contributed by atoms with Crippen LogP contribution in [0.4, 0.5) is 11.5 Å². The molecule has 0 saturated carbocycles. The van der Waals surface area contributed by atoms with Crippen LogP contribution in [0.3, 0.4) is 0 Å². The average molecular weight is 393 g/mol. The van der Waals surface area contributed by atoms with Crippen molar-refractivity contribution in [1.29, 1.82) is 0 Å². The molecular weight excluding hydrogens is 364 g/mol. The summed E-state index contributed by atoms with van der Waals surface area (Å²) in [7, 11) is 0. The number of hydrogen-bond donors (Lipinski definition) is 1. The molecule has 6 nitrogen and oxygen atoms in total. The van der Waals surface area contributed by atoms with E-state index >= 15 is 0 Å². The molecule has 1 aromatic heterocycles. The summed E-state index contributed by atoms with van der Waals surface area (Å²) >= 11 is 0. The minimum atomic E-state index is -0.440. The van der Waals surface area contributed by atoms with Crippen molar-refractivity contribution < 1.29 is 4.92 Å². The summed E-state index contributed by atoms with van der Waals surface area (Å²) in [5.41, 5.74) is 3.93. The van der Waals surface area contributed by atoms with Crippen LogP contribution in [0.1, 0.15) is 38.4 Å². The Bertz CT molecular complexity index is 981. The number of nitro groups is 1. The van der Waals surface area contributed by atoms with Crippen LogP contribution in [0.5, 0.6) is 0 Å². The Morgan fingerprint density at radius 2 is 1.93 bits per heavy atom. The summed E-state index contributed by atoms with van der Waals surface area (Å²) in [6, 6.07) is 4.85. The van der Waals surface area contributed by atoms with Gasteiger partial charge in [0.25, 0.3) is 5.69 Å². The molecular formula is C23H28N4O2. The highest BCUT2D eigenvalue weighted by Crippen LogP contribution is 2.34. The lowest BCUT2D eigenvalue weighted by molar-refractivity contribution is -0.384. The molecule has 2 aromatic rings. The van der Waals surface area contributed by atoms with Gasteiger partial charge in [0.1, 0.15) is 5.82 Å². The second-order valence-electron chi connectivity index (χ2n) is 6.07. The second kappa shape index (κ2) is 10.7. The first-order valence-electron chi connectivity index (χ1n) is 9.35. The van der Waals surface area contributed by atoms with Crippen molar-refractivity contribution in [3.05, 3.63) is 82.6 Å². The molecule has 0 spiro atoms. The highest BCUT2D eigenvalue weighted by molar-refractivity contribution is 5.84. The minimum Gasteiger partial charge on any atom is -0.336 e. The molecule has 0 saturated heterocycles. The molecule has 152 valence electrons. The van der Waals surface area contributed by atoms with Gasteiger partial charge in [-0.1, -0.05) is 64.3 Å². The van der Waals surface area contributed by atoms with Crippen LogP contribution in [-0.4, -0.2) is 21.6 Å². The fraction of sp³-hybridized carbons (Fsp3) is 0.217. The van der Waals surface area contributed by atoms with Crippen molar-refractivity contribution in [3.8, 4) is 11.4 Å². The number of hydrogen-bond acceptors (Lipinski definition) is 4. The maximum atomic E-state index is 11.4. The van der Waals surface area contributed by atoms with Gasteiger partial charge < -0.3 is 4.98 Å². The SMILES string of the molecule is C=Nc1nc(-c2cc(C)ccc2[N+](=O)[O-])[nH]c1C(=C)C(=C)/C=C\C(=C)CC.CC. The predicted octanol–water partition coefficient (Wildman–Crippen LogP) is 6.74. The normalized spacial score (nSPS) is 10.2. The number of nitrogens with zero attached hydrogens (tertiary/aromatic N) is 3. The molecule has 0 aliphatic heterocycles. The number of aromatic nitrogens is 2. The number of nitro benzene ring substituents is 1. The van der Waals surface area contributed by atoms with Crippen molar-refractivity contribution in [1.82, 2.24) is 9.97 Å². The molecule has 0 bridgehead atoms. The Labute approximate surface area is 172 Å². The van der Waals surface area contributed by atoms with Gasteiger partial charge in [-0.15, -0.1) is 0 Å². The Kier molecular flexibility index (Phi) is 8.68. The van der Waals surface area contributed by atoms with Crippen molar-refractivity contribution >= 4 is 23.8 Å². The third-order valence-corrected chi connectivity index (χ3v) is 4.10. The van der Waals surface area contributed by atoms with Gasteiger partial charge >= 0.3 is 0 Å².